The molecule has 2 unspecified atom stereocenters. The van der Waals surface area contributed by atoms with Crippen molar-refractivity contribution in [3.05, 3.63) is 71.2 Å². The molecule has 1 fully saturated rings. The third-order valence-electron chi connectivity index (χ3n) is 5.54. The Kier molecular flexibility index (Phi) is 6.39. The third-order valence-corrected chi connectivity index (χ3v) is 7.68. The number of aliphatic hydroxyl groups is 1. The summed E-state index contributed by atoms with van der Waals surface area (Å²) in [6, 6.07) is 16.3. The van der Waals surface area contributed by atoms with Crippen molar-refractivity contribution >= 4 is 38.3 Å². The third kappa shape index (κ3) is 4.59. The molecule has 0 spiro atoms. The standard InChI is InChI=1S/C23H23ClN2O5S/c1-31-20-7-4-16-10-15(2-3-17(16)11-20)13-25-23(28)22-12-19(27)14-26(22)32(29,30)21-8-5-18(24)6-9-21/h2-11,19,22,27H,12-14H2,1H3,(H,25,28). The molecule has 32 heavy (non-hydrogen) atoms. The summed E-state index contributed by atoms with van der Waals surface area (Å²) in [4.78, 5) is 12.9. The van der Waals surface area contributed by atoms with Gasteiger partial charge in [0.05, 0.1) is 18.1 Å². The number of rotatable bonds is 6. The van der Waals surface area contributed by atoms with Gasteiger partial charge in [-0.2, -0.15) is 4.31 Å². The predicted octanol–water partition coefficient (Wildman–Crippen LogP) is 2.94. The summed E-state index contributed by atoms with van der Waals surface area (Å²) in [5.74, 6) is 0.314. The van der Waals surface area contributed by atoms with E-state index in [1.165, 1.54) is 24.3 Å². The second-order valence-electron chi connectivity index (χ2n) is 7.70. The van der Waals surface area contributed by atoms with Crippen molar-refractivity contribution < 1.29 is 23.1 Å². The highest BCUT2D eigenvalue weighted by molar-refractivity contribution is 7.89. The molecule has 0 aromatic heterocycles. The van der Waals surface area contributed by atoms with Gasteiger partial charge >= 0.3 is 0 Å². The quantitative estimate of drug-likeness (QED) is 0.572. The minimum atomic E-state index is -3.96. The van der Waals surface area contributed by atoms with Gasteiger partial charge in [0.25, 0.3) is 0 Å². The Morgan fingerprint density at radius 3 is 2.53 bits per heavy atom. The van der Waals surface area contributed by atoms with E-state index in [4.69, 9.17) is 16.3 Å². The average molecular weight is 475 g/mol. The van der Waals surface area contributed by atoms with Crippen molar-refractivity contribution in [3.63, 3.8) is 0 Å². The number of aliphatic hydroxyl groups excluding tert-OH is 1. The van der Waals surface area contributed by atoms with Crippen LogP contribution in [0.1, 0.15) is 12.0 Å². The van der Waals surface area contributed by atoms with Crippen LogP contribution in [0.3, 0.4) is 0 Å². The van der Waals surface area contributed by atoms with Crippen LogP contribution < -0.4 is 10.1 Å². The molecule has 1 aliphatic rings. The lowest BCUT2D eigenvalue weighted by molar-refractivity contribution is -0.124. The summed E-state index contributed by atoms with van der Waals surface area (Å²) in [5, 5.41) is 15.3. The number of fused-ring (bicyclic) bond motifs is 1. The van der Waals surface area contributed by atoms with Crippen LogP contribution in [0.15, 0.2) is 65.6 Å². The lowest BCUT2D eigenvalue weighted by Gasteiger charge is -2.23. The number of nitrogens with zero attached hydrogens (tertiary/aromatic N) is 1. The highest BCUT2D eigenvalue weighted by Gasteiger charge is 2.43. The molecule has 0 aliphatic carbocycles. The fraction of sp³-hybridized carbons (Fsp3) is 0.261. The Morgan fingerprint density at radius 1 is 1.12 bits per heavy atom. The first-order chi connectivity index (χ1) is 15.3. The van der Waals surface area contributed by atoms with E-state index in [1.54, 1.807) is 7.11 Å². The van der Waals surface area contributed by atoms with E-state index in [0.717, 1.165) is 26.4 Å². The maximum Gasteiger partial charge on any atom is 0.243 e. The van der Waals surface area contributed by atoms with Crippen molar-refractivity contribution in [1.29, 1.82) is 0 Å². The van der Waals surface area contributed by atoms with Gasteiger partial charge in [0.15, 0.2) is 0 Å². The Morgan fingerprint density at radius 2 is 1.81 bits per heavy atom. The molecule has 2 atom stereocenters. The summed E-state index contributed by atoms with van der Waals surface area (Å²) in [5.41, 5.74) is 0.877. The fourth-order valence-electron chi connectivity index (χ4n) is 3.85. The molecule has 0 saturated carbocycles. The number of β-amino-alcohol motifs (C(OH)–C–C–N with tert-alkyl or cyclic N) is 1. The molecule has 1 amide bonds. The molecular formula is C23H23ClN2O5S. The molecule has 0 radical (unpaired) electrons. The van der Waals surface area contributed by atoms with Crippen LogP contribution in [-0.2, 0) is 21.4 Å². The van der Waals surface area contributed by atoms with Gasteiger partial charge in [-0.25, -0.2) is 8.42 Å². The molecule has 3 aromatic rings. The maximum atomic E-state index is 13.1. The van der Waals surface area contributed by atoms with Crippen molar-refractivity contribution in [2.45, 2.75) is 30.0 Å². The van der Waals surface area contributed by atoms with E-state index in [9.17, 15) is 18.3 Å². The number of carbonyl (C=O) groups is 1. The van der Waals surface area contributed by atoms with Crippen LogP contribution in [-0.4, -0.2) is 49.5 Å². The lowest BCUT2D eigenvalue weighted by Crippen LogP contribution is -2.45. The molecule has 4 rings (SSSR count). The van der Waals surface area contributed by atoms with Gasteiger partial charge in [0.2, 0.25) is 15.9 Å². The number of benzene rings is 3. The van der Waals surface area contributed by atoms with Crippen LogP contribution in [0.4, 0.5) is 0 Å². The van der Waals surface area contributed by atoms with E-state index >= 15 is 0 Å². The van der Waals surface area contributed by atoms with Crippen LogP contribution in [0, 0.1) is 0 Å². The van der Waals surface area contributed by atoms with Crippen molar-refractivity contribution in [1.82, 2.24) is 9.62 Å². The summed E-state index contributed by atoms with van der Waals surface area (Å²) in [7, 11) is -2.35. The zero-order valence-electron chi connectivity index (χ0n) is 17.4. The second-order valence-corrected chi connectivity index (χ2v) is 10.0. The maximum absolute atomic E-state index is 13.1. The van der Waals surface area contributed by atoms with E-state index in [2.05, 4.69) is 5.32 Å². The first-order valence-corrected chi connectivity index (χ1v) is 11.9. The van der Waals surface area contributed by atoms with Crippen LogP contribution >= 0.6 is 11.6 Å². The topological polar surface area (TPSA) is 95.9 Å². The Balaban J connectivity index is 1.49. The number of amides is 1. The van der Waals surface area contributed by atoms with Gasteiger partial charge in [-0.1, -0.05) is 29.8 Å². The number of halogens is 1. The fourth-order valence-corrected chi connectivity index (χ4v) is 5.61. The first kappa shape index (κ1) is 22.5. The van der Waals surface area contributed by atoms with Gasteiger partial charge in [-0.05, 0) is 58.8 Å². The summed E-state index contributed by atoms with van der Waals surface area (Å²) in [6.07, 6.45) is -0.876. The SMILES string of the molecule is COc1ccc2cc(CNC(=O)C3CC(O)CN3S(=O)(=O)c3ccc(Cl)cc3)ccc2c1. The van der Waals surface area contributed by atoms with E-state index in [0.29, 0.717) is 5.02 Å². The molecule has 3 aromatic carbocycles. The first-order valence-electron chi connectivity index (χ1n) is 10.1. The molecule has 168 valence electrons. The van der Waals surface area contributed by atoms with Gasteiger partial charge in [-0.15, -0.1) is 0 Å². The number of methoxy groups -OCH3 is 1. The number of sulfonamides is 1. The highest BCUT2D eigenvalue weighted by atomic mass is 35.5. The lowest BCUT2D eigenvalue weighted by atomic mass is 10.1. The van der Waals surface area contributed by atoms with E-state index in [1.807, 2.05) is 36.4 Å². The largest absolute Gasteiger partial charge is 0.497 e. The molecule has 9 heteroatoms. The van der Waals surface area contributed by atoms with Gasteiger partial charge in [0.1, 0.15) is 11.8 Å². The number of ether oxygens (including phenoxy) is 1. The zero-order chi connectivity index (χ0) is 22.9. The Labute approximate surface area is 191 Å². The van der Waals surface area contributed by atoms with Crippen LogP contribution in [0.25, 0.3) is 10.8 Å². The minimum Gasteiger partial charge on any atom is -0.497 e. The Hall–Kier alpha value is -2.65. The molecule has 1 heterocycles. The van der Waals surface area contributed by atoms with Crippen molar-refractivity contribution in [2.24, 2.45) is 0 Å². The second kappa shape index (κ2) is 9.07. The predicted molar refractivity (Wildman–Crippen MR) is 122 cm³/mol. The highest BCUT2D eigenvalue weighted by Crippen LogP contribution is 2.28. The zero-order valence-corrected chi connectivity index (χ0v) is 18.9. The summed E-state index contributed by atoms with van der Waals surface area (Å²) >= 11 is 5.86. The summed E-state index contributed by atoms with van der Waals surface area (Å²) < 4.78 is 32.4. The molecule has 1 saturated heterocycles. The van der Waals surface area contributed by atoms with Gasteiger partial charge in [0, 0.05) is 24.5 Å². The van der Waals surface area contributed by atoms with Crippen LogP contribution in [0.5, 0.6) is 5.75 Å². The molecular weight excluding hydrogens is 452 g/mol. The van der Waals surface area contributed by atoms with Crippen LogP contribution in [0.2, 0.25) is 5.02 Å². The number of hydrogen-bond donors (Lipinski definition) is 2. The summed E-state index contributed by atoms with van der Waals surface area (Å²) in [6.45, 7) is 0.100. The monoisotopic (exact) mass is 474 g/mol. The molecule has 0 bridgehead atoms. The Bertz CT molecular complexity index is 1250. The van der Waals surface area contributed by atoms with E-state index < -0.39 is 28.1 Å². The number of nitrogens with one attached hydrogen (secondary N) is 1. The molecule has 1 aliphatic heterocycles. The van der Waals surface area contributed by atoms with Gasteiger partial charge in [-0.3, -0.25) is 4.79 Å². The van der Waals surface area contributed by atoms with Gasteiger partial charge < -0.3 is 15.2 Å². The number of carbonyl (C=O) groups excluding carboxylic acids is 1. The molecule has 2 N–H and O–H groups in total. The molecule has 7 nitrogen and oxygen atoms in total. The average Bonchev–Trinajstić information content (AvgIpc) is 3.20. The van der Waals surface area contributed by atoms with E-state index in [-0.39, 0.29) is 24.4 Å². The smallest absolute Gasteiger partial charge is 0.243 e. The number of hydrogen-bond acceptors (Lipinski definition) is 5. The minimum absolute atomic E-state index is 0.0266. The normalized spacial score (nSPS) is 19.2. The van der Waals surface area contributed by atoms with Crippen molar-refractivity contribution in [3.8, 4) is 5.75 Å². The van der Waals surface area contributed by atoms with Crippen molar-refractivity contribution in [2.75, 3.05) is 13.7 Å².